The van der Waals surface area contributed by atoms with E-state index in [9.17, 15) is 9.90 Å². The van der Waals surface area contributed by atoms with Crippen LogP contribution >= 0.6 is 0 Å². The Labute approximate surface area is 132 Å². The topological polar surface area (TPSA) is 52.9 Å². The van der Waals surface area contributed by atoms with E-state index in [0.717, 1.165) is 12.1 Å². The minimum absolute atomic E-state index is 0.234. The molecule has 0 unspecified atom stereocenters. The van der Waals surface area contributed by atoms with Gasteiger partial charge in [-0.3, -0.25) is 4.79 Å². The highest BCUT2D eigenvalue weighted by molar-refractivity contribution is 5.98. The fourth-order valence-corrected chi connectivity index (χ4v) is 3.01. The lowest BCUT2D eigenvalue weighted by Gasteiger charge is -2.32. The van der Waals surface area contributed by atoms with Gasteiger partial charge < -0.3 is 5.11 Å². The summed E-state index contributed by atoms with van der Waals surface area (Å²) in [5.74, 6) is 0.501. The zero-order valence-corrected chi connectivity index (χ0v) is 13.9. The van der Waals surface area contributed by atoms with Gasteiger partial charge >= 0.3 is 0 Å². The molecule has 1 aliphatic heterocycles. The van der Waals surface area contributed by atoms with Crippen LogP contribution in [-0.2, 0) is 0 Å². The molecule has 4 nitrogen and oxygen atoms in total. The van der Waals surface area contributed by atoms with Gasteiger partial charge in [0, 0.05) is 17.7 Å². The van der Waals surface area contributed by atoms with Crippen molar-refractivity contribution in [3.05, 3.63) is 35.9 Å². The van der Waals surface area contributed by atoms with E-state index in [1.54, 1.807) is 12.1 Å². The highest BCUT2D eigenvalue weighted by Crippen LogP contribution is 2.34. The Hall–Kier alpha value is -1.68. The Morgan fingerprint density at radius 2 is 1.86 bits per heavy atom. The molecule has 22 heavy (non-hydrogen) atoms. The molecular formula is C18H26N2O2. The Kier molecular flexibility index (Phi) is 5.01. The number of benzene rings is 1. The standard InChI is InChI=1S/C18H26N2O2/c1-13(2)10-16-12-18(22,11-14(3)4)20(19-16)17(21)15-8-6-5-7-9-15/h5-9,13-14,22H,10-12H2,1-4H3/t18-/m0/s1. The fourth-order valence-electron chi connectivity index (χ4n) is 3.01. The Morgan fingerprint density at radius 3 is 2.41 bits per heavy atom. The van der Waals surface area contributed by atoms with Crippen LogP contribution < -0.4 is 0 Å². The van der Waals surface area contributed by atoms with Gasteiger partial charge in [0.1, 0.15) is 0 Å². The van der Waals surface area contributed by atoms with Crippen molar-refractivity contribution >= 4 is 11.6 Å². The first kappa shape index (κ1) is 16.7. The molecule has 1 amide bonds. The third kappa shape index (κ3) is 3.74. The highest BCUT2D eigenvalue weighted by Gasteiger charge is 2.44. The molecule has 0 bridgehead atoms. The summed E-state index contributed by atoms with van der Waals surface area (Å²) < 4.78 is 0. The summed E-state index contributed by atoms with van der Waals surface area (Å²) in [7, 11) is 0. The number of carbonyl (C=O) groups is 1. The molecule has 0 saturated carbocycles. The summed E-state index contributed by atoms with van der Waals surface area (Å²) in [6, 6.07) is 9.03. The summed E-state index contributed by atoms with van der Waals surface area (Å²) in [6.45, 7) is 8.32. The number of rotatable bonds is 5. The van der Waals surface area contributed by atoms with Gasteiger partial charge in [-0.15, -0.1) is 0 Å². The maximum Gasteiger partial charge on any atom is 0.276 e. The summed E-state index contributed by atoms with van der Waals surface area (Å²) in [4.78, 5) is 12.7. The van der Waals surface area contributed by atoms with E-state index in [1.807, 2.05) is 32.0 Å². The largest absolute Gasteiger partial charge is 0.369 e. The second-order valence-electron chi connectivity index (χ2n) is 7.00. The lowest BCUT2D eigenvalue weighted by atomic mass is 9.93. The molecule has 4 heteroatoms. The molecule has 1 aromatic carbocycles. The van der Waals surface area contributed by atoms with E-state index >= 15 is 0 Å². The third-order valence-corrected chi connectivity index (χ3v) is 3.71. The summed E-state index contributed by atoms with van der Waals surface area (Å²) in [5, 5.41) is 16.8. The van der Waals surface area contributed by atoms with Gasteiger partial charge in [0.05, 0.1) is 0 Å². The monoisotopic (exact) mass is 302 g/mol. The molecule has 0 radical (unpaired) electrons. The Morgan fingerprint density at radius 1 is 1.23 bits per heavy atom. The predicted octanol–water partition coefficient (Wildman–Crippen LogP) is 3.67. The number of nitrogens with zero attached hydrogens (tertiary/aromatic N) is 2. The molecule has 0 aromatic heterocycles. The summed E-state index contributed by atoms with van der Waals surface area (Å²) >= 11 is 0. The van der Waals surface area contributed by atoms with Crippen LogP contribution in [0.15, 0.2) is 35.4 Å². The van der Waals surface area contributed by atoms with Gasteiger partial charge in [-0.1, -0.05) is 45.9 Å². The van der Waals surface area contributed by atoms with Gasteiger partial charge in [0.2, 0.25) is 0 Å². The molecule has 1 aliphatic rings. The molecule has 2 rings (SSSR count). The van der Waals surface area contributed by atoms with Crippen molar-refractivity contribution in [2.45, 2.75) is 52.7 Å². The fraction of sp³-hybridized carbons (Fsp3) is 0.556. The van der Waals surface area contributed by atoms with Gasteiger partial charge in [0.25, 0.3) is 5.91 Å². The van der Waals surface area contributed by atoms with Crippen molar-refractivity contribution in [2.24, 2.45) is 16.9 Å². The first-order chi connectivity index (χ1) is 10.3. The van der Waals surface area contributed by atoms with Gasteiger partial charge in [-0.2, -0.15) is 10.1 Å². The Balaban J connectivity index is 2.29. The third-order valence-electron chi connectivity index (χ3n) is 3.71. The molecule has 1 aromatic rings. The molecule has 1 N–H and O–H groups in total. The van der Waals surface area contributed by atoms with Crippen molar-refractivity contribution < 1.29 is 9.90 Å². The minimum atomic E-state index is -1.20. The van der Waals surface area contributed by atoms with Crippen LogP contribution in [0, 0.1) is 11.8 Å². The predicted molar refractivity (Wildman–Crippen MR) is 88.5 cm³/mol. The van der Waals surface area contributed by atoms with Crippen LogP contribution in [0.25, 0.3) is 0 Å². The van der Waals surface area contributed by atoms with E-state index in [2.05, 4.69) is 18.9 Å². The van der Waals surface area contributed by atoms with Crippen LogP contribution in [0.1, 0.15) is 57.3 Å². The number of amides is 1. The summed E-state index contributed by atoms with van der Waals surface area (Å²) in [6.07, 6.45) is 1.78. The van der Waals surface area contributed by atoms with Crippen LogP contribution in [0.3, 0.4) is 0 Å². The second kappa shape index (κ2) is 6.61. The van der Waals surface area contributed by atoms with Crippen molar-refractivity contribution in [1.29, 1.82) is 0 Å². The zero-order chi connectivity index (χ0) is 16.3. The van der Waals surface area contributed by atoms with Crippen LogP contribution in [-0.4, -0.2) is 27.5 Å². The number of aliphatic hydroxyl groups is 1. The van der Waals surface area contributed by atoms with E-state index in [-0.39, 0.29) is 11.8 Å². The molecule has 120 valence electrons. The van der Waals surface area contributed by atoms with E-state index in [1.165, 1.54) is 5.01 Å². The van der Waals surface area contributed by atoms with Crippen LogP contribution in [0.2, 0.25) is 0 Å². The Bertz CT molecular complexity index is 551. The SMILES string of the molecule is CC(C)CC1=NN(C(=O)c2ccccc2)[C@](O)(CC(C)C)C1. The lowest BCUT2D eigenvalue weighted by molar-refractivity contribution is -0.0835. The van der Waals surface area contributed by atoms with E-state index < -0.39 is 5.72 Å². The number of hydrogen-bond acceptors (Lipinski definition) is 3. The zero-order valence-electron chi connectivity index (χ0n) is 13.9. The van der Waals surface area contributed by atoms with Gasteiger partial charge in [-0.05, 0) is 36.8 Å². The van der Waals surface area contributed by atoms with Gasteiger partial charge in [-0.25, -0.2) is 0 Å². The molecule has 0 aliphatic carbocycles. The first-order valence-electron chi connectivity index (χ1n) is 8.00. The van der Waals surface area contributed by atoms with Gasteiger partial charge in [0.15, 0.2) is 5.72 Å². The number of carbonyl (C=O) groups excluding carboxylic acids is 1. The molecule has 1 heterocycles. The normalized spacial score (nSPS) is 21.6. The molecule has 0 saturated heterocycles. The first-order valence-corrected chi connectivity index (χ1v) is 8.00. The smallest absolute Gasteiger partial charge is 0.276 e. The average Bonchev–Trinajstić information content (AvgIpc) is 2.73. The lowest BCUT2D eigenvalue weighted by Crippen LogP contribution is -2.47. The van der Waals surface area contributed by atoms with E-state index in [0.29, 0.717) is 24.3 Å². The summed E-state index contributed by atoms with van der Waals surface area (Å²) in [5.41, 5.74) is 0.257. The number of hydrogen-bond donors (Lipinski definition) is 1. The maximum atomic E-state index is 12.7. The van der Waals surface area contributed by atoms with Crippen molar-refractivity contribution in [3.63, 3.8) is 0 Å². The molecule has 1 atom stereocenters. The van der Waals surface area contributed by atoms with Crippen LogP contribution in [0.5, 0.6) is 0 Å². The maximum absolute atomic E-state index is 12.7. The molecule has 0 fully saturated rings. The minimum Gasteiger partial charge on any atom is -0.369 e. The van der Waals surface area contributed by atoms with Crippen molar-refractivity contribution in [2.75, 3.05) is 0 Å². The van der Waals surface area contributed by atoms with E-state index in [4.69, 9.17) is 0 Å². The van der Waals surface area contributed by atoms with Crippen molar-refractivity contribution in [3.8, 4) is 0 Å². The highest BCUT2D eigenvalue weighted by atomic mass is 16.3. The van der Waals surface area contributed by atoms with Crippen molar-refractivity contribution in [1.82, 2.24) is 5.01 Å². The van der Waals surface area contributed by atoms with Crippen LogP contribution in [0.4, 0.5) is 0 Å². The quantitative estimate of drug-likeness (QED) is 0.902. The molecular weight excluding hydrogens is 276 g/mol. The second-order valence-corrected chi connectivity index (χ2v) is 7.00. The molecule has 0 spiro atoms. The number of hydrazone groups is 1. The average molecular weight is 302 g/mol.